The zero-order valence-corrected chi connectivity index (χ0v) is 13.3. The number of rotatable bonds is 4. The molecule has 0 aliphatic rings. The highest BCUT2D eigenvalue weighted by Gasteiger charge is 2.13. The standard InChI is InChI=1S/C16H16BrNO3/c1-10(17)12-5-3-4-6-13(12)18-16(20)11-7-8-15(21-2)14(19)9-11/h3-10,19H,1-2H3,(H,18,20). The Morgan fingerprint density at radius 1 is 1.29 bits per heavy atom. The Morgan fingerprint density at radius 3 is 2.62 bits per heavy atom. The molecule has 2 aromatic carbocycles. The summed E-state index contributed by atoms with van der Waals surface area (Å²) in [7, 11) is 1.46. The first-order chi connectivity index (χ1) is 10.0. The van der Waals surface area contributed by atoms with Crippen molar-refractivity contribution in [3.05, 3.63) is 53.6 Å². The molecule has 0 heterocycles. The molecule has 0 fully saturated rings. The molecule has 1 amide bonds. The van der Waals surface area contributed by atoms with Crippen LogP contribution in [0.2, 0.25) is 0 Å². The van der Waals surface area contributed by atoms with Crippen LogP contribution in [0, 0.1) is 0 Å². The topological polar surface area (TPSA) is 58.6 Å². The number of benzene rings is 2. The maximum atomic E-state index is 12.3. The maximum absolute atomic E-state index is 12.3. The average Bonchev–Trinajstić information content (AvgIpc) is 2.47. The Kier molecular flexibility index (Phi) is 4.85. The van der Waals surface area contributed by atoms with Crippen LogP contribution < -0.4 is 10.1 Å². The Labute approximate surface area is 131 Å². The van der Waals surface area contributed by atoms with Crippen molar-refractivity contribution in [3.8, 4) is 11.5 Å². The second-order valence-electron chi connectivity index (χ2n) is 4.54. The number of hydrogen-bond donors (Lipinski definition) is 2. The van der Waals surface area contributed by atoms with E-state index >= 15 is 0 Å². The molecule has 1 atom stereocenters. The van der Waals surface area contributed by atoms with Crippen molar-refractivity contribution >= 4 is 27.5 Å². The third kappa shape index (κ3) is 3.55. The van der Waals surface area contributed by atoms with E-state index in [-0.39, 0.29) is 16.5 Å². The summed E-state index contributed by atoms with van der Waals surface area (Å²) in [6.07, 6.45) is 0. The van der Waals surface area contributed by atoms with Gasteiger partial charge >= 0.3 is 0 Å². The summed E-state index contributed by atoms with van der Waals surface area (Å²) in [6, 6.07) is 12.1. The fraction of sp³-hybridized carbons (Fsp3) is 0.188. The Balaban J connectivity index is 2.24. The molecular formula is C16H16BrNO3. The van der Waals surface area contributed by atoms with Gasteiger partial charge in [0.25, 0.3) is 5.91 Å². The smallest absolute Gasteiger partial charge is 0.255 e. The van der Waals surface area contributed by atoms with Crippen molar-refractivity contribution in [1.29, 1.82) is 0 Å². The van der Waals surface area contributed by atoms with E-state index in [2.05, 4.69) is 21.2 Å². The predicted octanol–water partition coefficient (Wildman–Crippen LogP) is 4.11. The van der Waals surface area contributed by atoms with Gasteiger partial charge in [0.15, 0.2) is 11.5 Å². The largest absolute Gasteiger partial charge is 0.504 e. The number of phenolic OH excluding ortho intramolecular Hbond substituents is 1. The second-order valence-corrected chi connectivity index (χ2v) is 5.92. The van der Waals surface area contributed by atoms with Crippen LogP contribution in [0.4, 0.5) is 5.69 Å². The number of ether oxygens (including phenoxy) is 1. The lowest BCUT2D eigenvalue weighted by Gasteiger charge is -2.13. The number of alkyl halides is 1. The number of phenols is 1. The summed E-state index contributed by atoms with van der Waals surface area (Å²) in [6.45, 7) is 1.99. The van der Waals surface area contributed by atoms with E-state index in [9.17, 15) is 9.90 Å². The number of aromatic hydroxyl groups is 1. The Morgan fingerprint density at radius 2 is 2.00 bits per heavy atom. The number of para-hydroxylation sites is 1. The van der Waals surface area contributed by atoms with Crippen molar-refractivity contribution in [1.82, 2.24) is 0 Å². The van der Waals surface area contributed by atoms with E-state index in [1.54, 1.807) is 12.1 Å². The number of anilines is 1. The highest BCUT2D eigenvalue weighted by atomic mass is 79.9. The number of amides is 1. The zero-order valence-electron chi connectivity index (χ0n) is 11.8. The van der Waals surface area contributed by atoms with Crippen molar-refractivity contribution < 1.29 is 14.6 Å². The van der Waals surface area contributed by atoms with Gasteiger partial charge in [0.1, 0.15) is 0 Å². The molecule has 0 aliphatic heterocycles. The molecule has 2 N–H and O–H groups in total. The van der Waals surface area contributed by atoms with Gasteiger partial charge in [0.2, 0.25) is 0 Å². The molecule has 0 spiro atoms. The number of hydrogen-bond acceptors (Lipinski definition) is 3. The van der Waals surface area contributed by atoms with E-state index in [0.29, 0.717) is 11.3 Å². The first kappa shape index (κ1) is 15.4. The lowest BCUT2D eigenvalue weighted by Crippen LogP contribution is -2.13. The fourth-order valence-corrected chi connectivity index (χ4v) is 2.38. The molecule has 0 saturated heterocycles. The van der Waals surface area contributed by atoms with Crippen LogP contribution in [0.1, 0.15) is 27.7 Å². The van der Waals surface area contributed by atoms with Gasteiger partial charge in [-0.15, -0.1) is 0 Å². The van der Waals surface area contributed by atoms with Crippen molar-refractivity contribution in [2.45, 2.75) is 11.8 Å². The molecule has 0 aromatic heterocycles. The van der Waals surface area contributed by atoms with E-state index in [1.165, 1.54) is 13.2 Å². The zero-order chi connectivity index (χ0) is 15.4. The van der Waals surface area contributed by atoms with E-state index in [0.717, 1.165) is 11.3 Å². The fourth-order valence-electron chi connectivity index (χ4n) is 1.98. The number of nitrogens with one attached hydrogen (secondary N) is 1. The summed E-state index contributed by atoms with van der Waals surface area (Å²) in [5.74, 6) is -0.0121. The molecule has 1 unspecified atom stereocenters. The van der Waals surface area contributed by atoms with Gasteiger partial charge in [-0.3, -0.25) is 4.79 Å². The van der Waals surface area contributed by atoms with Crippen molar-refractivity contribution in [3.63, 3.8) is 0 Å². The third-order valence-electron chi connectivity index (χ3n) is 3.08. The summed E-state index contributed by atoms with van der Waals surface area (Å²) in [4.78, 5) is 12.4. The van der Waals surface area contributed by atoms with Crippen LogP contribution in [-0.4, -0.2) is 18.1 Å². The van der Waals surface area contributed by atoms with Gasteiger partial charge in [-0.2, -0.15) is 0 Å². The Hall–Kier alpha value is -2.01. The van der Waals surface area contributed by atoms with Crippen LogP contribution in [0.5, 0.6) is 11.5 Å². The third-order valence-corrected chi connectivity index (χ3v) is 3.57. The summed E-state index contributed by atoms with van der Waals surface area (Å²) in [5, 5.41) is 12.6. The SMILES string of the molecule is COc1ccc(C(=O)Nc2ccccc2C(C)Br)cc1O. The molecule has 2 rings (SSSR count). The number of carbonyl (C=O) groups is 1. The minimum Gasteiger partial charge on any atom is -0.504 e. The van der Waals surface area contributed by atoms with Gasteiger partial charge in [0.05, 0.1) is 7.11 Å². The molecule has 110 valence electrons. The van der Waals surface area contributed by atoms with Crippen LogP contribution in [-0.2, 0) is 0 Å². The van der Waals surface area contributed by atoms with Crippen LogP contribution in [0.25, 0.3) is 0 Å². The first-order valence-electron chi connectivity index (χ1n) is 6.44. The molecule has 4 nitrogen and oxygen atoms in total. The first-order valence-corrected chi connectivity index (χ1v) is 7.36. The van der Waals surface area contributed by atoms with Crippen LogP contribution in [0.15, 0.2) is 42.5 Å². The number of halogens is 1. The molecule has 0 bridgehead atoms. The van der Waals surface area contributed by atoms with Gasteiger partial charge in [0, 0.05) is 16.1 Å². The van der Waals surface area contributed by atoms with Crippen LogP contribution >= 0.6 is 15.9 Å². The highest BCUT2D eigenvalue weighted by Crippen LogP contribution is 2.30. The quantitative estimate of drug-likeness (QED) is 0.816. The number of carbonyl (C=O) groups excluding carboxylic acids is 1. The summed E-state index contributed by atoms with van der Waals surface area (Å²) in [5.41, 5.74) is 2.09. The summed E-state index contributed by atoms with van der Waals surface area (Å²) >= 11 is 3.50. The maximum Gasteiger partial charge on any atom is 0.255 e. The highest BCUT2D eigenvalue weighted by molar-refractivity contribution is 9.09. The van der Waals surface area contributed by atoms with E-state index < -0.39 is 0 Å². The second kappa shape index (κ2) is 6.63. The monoisotopic (exact) mass is 349 g/mol. The minimum absolute atomic E-state index is 0.0627. The van der Waals surface area contributed by atoms with E-state index in [4.69, 9.17) is 4.74 Å². The lowest BCUT2D eigenvalue weighted by molar-refractivity contribution is 0.102. The van der Waals surface area contributed by atoms with Crippen molar-refractivity contribution in [2.24, 2.45) is 0 Å². The molecule has 0 aliphatic carbocycles. The number of methoxy groups -OCH3 is 1. The molecular weight excluding hydrogens is 334 g/mol. The van der Waals surface area contributed by atoms with Gasteiger partial charge < -0.3 is 15.2 Å². The van der Waals surface area contributed by atoms with Gasteiger partial charge in [-0.1, -0.05) is 34.1 Å². The molecule has 0 saturated carbocycles. The Bertz CT molecular complexity index is 656. The molecule has 21 heavy (non-hydrogen) atoms. The normalized spacial score (nSPS) is 11.8. The lowest BCUT2D eigenvalue weighted by atomic mass is 10.1. The minimum atomic E-state index is -0.284. The van der Waals surface area contributed by atoms with Crippen LogP contribution in [0.3, 0.4) is 0 Å². The molecule has 5 heteroatoms. The predicted molar refractivity (Wildman–Crippen MR) is 86.4 cm³/mol. The van der Waals surface area contributed by atoms with Gasteiger partial charge in [-0.25, -0.2) is 0 Å². The van der Waals surface area contributed by atoms with E-state index in [1.807, 2.05) is 31.2 Å². The van der Waals surface area contributed by atoms with Gasteiger partial charge in [-0.05, 0) is 36.8 Å². The molecule has 2 aromatic rings. The summed E-state index contributed by atoms with van der Waals surface area (Å²) < 4.78 is 4.96. The average molecular weight is 350 g/mol. The van der Waals surface area contributed by atoms with Crippen molar-refractivity contribution in [2.75, 3.05) is 12.4 Å². The molecule has 0 radical (unpaired) electrons.